The van der Waals surface area contributed by atoms with Crippen LogP contribution in [0.3, 0.4) is 0 Å². The van der Waals surface area contributed by atoms with E-state index in [-0.39, 0.29) is 11.8 Å². The van der Waals surface area contributed by atoms with Crippen LogP contribution in [-0.2, 0) is 9.59 Å². The van der Waals surface area contributed by atoms with Gasteiger partial charge in [-0.15, -0.1) is 0 Å². The third-order valence-electron chi connectivity index (χ3n) is 5.84. The number of carbonyl (C=O) groups excluding carboxylic acids is 2. The lowest BCUT2D eigenvalue weighted by molar-refractivity contribution is -0.130. The van der Waals surface area contributed by atoms with Gasteiger partial charge < -0.3 is 9.47 Å². The van der Waals surface area contributed by atoms with Crippen molar-refractivity contribution in [2.45, 2.75) is 38.5 Å². The number of ether oxygens (including phenoxy) is 2. The molecule has 0 radical (unpaired) electrons. The first-order valence-corrected chi connectivity index (χ1v) is 10.1. The molecule has 0 N–H and O–H groups in total. The van der Waals surface area contributed by atoms with Gasteiger partial charge in [0.1, 0.15) is 11.5 Å². The molecule has 28 heavy (non-hydrogen) atoms. The van der Waals surface area contributed by atoms with E-state index < -0.39 is 11.9 Å². The topological polar surface area (TPSA) is 52.6 Å². The summed E-state index contributed by atoms with van der Waals surface area (Å²) in [5, 5.41) is 1.48. The molecule has 4 nitrogen and oxygen atoms in total. The lowest BCUT2D eigenvalue weighted by atomic mass is 9.82. The summed E-state index contributed by atoms with van der Waals surface area (Å²) in [6, 6.07) is 5.66. The average molecular weight is 441 g/mol. The monoisotopic (exact) mass is 440 g/mol. The SMILES string of the molecule is C=CC(=O)Oc1c2c(c(OC(=O)C(=C)C)c3c(Br)cccc13)C1CC(C)C2C1. The summed E-state index contributed by atoms with van der Waals surface area (Å²) in [7, 11) is 0. The molecule has 0 amide bonds. The van der Waals surface area contributed by atoms with Crippen molar-refractivity contribution in [2.24, 2.45) is 5.92 Å². The van der Waals surface area contributed by atoms with Gasteiger partial charge in [-0.25, -0.2) is 9.59 Å². The minimum absolute atomic E-state index is 0.276. The van der Waals surface area contributed by atoms with Gasteiger partial charge in [0.2, 0.25) is 0 Å². The van der Waals surface area contributed by atoms with Crippen LogP contribution in [0.1, 0.15) is 49.7 Å². The minimum atomic E-state index is -0.495. The second kappa shape index (κ2) is 6.89. The number of halogens is 1. The molecule has 0 aromatic heterocycles. The molecule has 1 saturated carbocycles. The molecule has 2 aliphatic rings. The Bertz CT molecular complexity index is 1050. The predicted octanol–water partition coefficient (Wildman–Crippen LogP) is 5.79. The molecular formula is C23H21BrO4. The molecule has 2 bridgehead atoms. The molecule has 3 unspecified atom stereocenters. The zero-order chi connectivity index (χ0) is 20.2. The van der Waals surface area contributed by atoms with Gasteiger partial charge in [-0.05, 0) is 43.6 Å². The lowest BCUT2D eigenvalue weighted by Gasteiger charge is -2.27. The Hall–Kier alpha value is -2.40. The summed E-state index contributed by atoms with van der Waals surface area (Å²) in [6.45, 7) is 11.1. The zero-order valence-electron chi connectivity index (χ0n) is 15.9. The molecule has 2 aliphatic carbocycles. The first-order valence-electron chi connectivity index (χ1n) is 9.33. The summed E-state index contributed by atoms with van der Waals surface area (Å²) in [5.74, 6) is 1.21. The van der Waals surface area contributed by atoms with E-state index in [0.29, 0.717) is 23.0 Å². The largest absolute Gasteiger partial charge is 0.422 e. The van der Waals surface area contributed by atoms with Crippen LogP contribution in [0.2, 0.25) is 0 Å². The maximum Gasteiger partial charge on any atom is 0.338 e. The van der Waals surface area contributed by atoms with Crippen molar-refractivity contribution in [1.29, 1.82) is 0 Å². The van der Waals surface area contributed by atoms with Crippen molar-refractivity contribution >= 4 is 38.6 Å². The van der Waals surface area contributed by atoms with E-state index in [2.05, 4.69) is 36.0 Å². The minimum Gasteiger partial charge on any atom is -0.422 e. The summed E-state index contributed by atoms with van der Waals surface area (Å²) in [6.07, 6.45) is 3.17. The highest BCUT2D eigenvalue weighted by atomic mass is 79.9. The first-order chi connectivity index (χ1) is 13.3. The van der Waals surface area contributed by atoms with Crippen molar-refractivity contribution in [1.82, 2.24) is 0 Å². The van der Waals surface area contributed by atoms with E-state index in [4.69, 9.17) is 9.47 Å². The van der Waals surface area contributed by atoms with E-state index in [9.17, 15) is 9.59 Å². The molecule has 2 aromatic carbocycles. The second-order valence-corrected chi connectivity index (χ2v) is 8.55. The van der Waals surface area contributed by atoms with Crippen LogP contribution in [0.25, 0.3) is 10.8 Å². The molecule has 0 heterocycles. The van der Waals surface area contributed by atoms with Crippen LogP contribution in [0.4, 0.5) is 0 Å². The smallest absolute Gasteiger partial charge is 0.338 e. The fourth-order valence-electron chi connectivity index (χ4n) is 4.67. The Kier molecular flexibility index (Phi) is 4.66. The number of carbonyl (C=O) groups is 2. The fourth-order valence-corrected chi connectivity index (χ4v) is 5.21. The van der Waals surface area contributed by atoms with Crippen molar-refractivity contribution in [3.05, 3.63) is 58.6 Å². The maximum absolute atomic E-state index is 12.4. The van der Waals surface area contributed by atoms with Gasteiger partial charge in [0.25, 0.3) is 0 Å². The van der Waals surface area contributed by atoms with Gasteiger partial charge in [-0.1, -0.05) is 48.1 Å². The normalized spacial score (nSPS) is 22.0. The standard InChI is InChI=1S/C23H21BrO4/c1-5-17(25)27-21-14-7-6-8-16(24)19(14)22(28-23(26)11(2)3)18-13-9-12(4)15(10-13)20(18)21/h5-8,12-13,15H,1-2,9-10H2,3-4H3. The Balaban J connectivity index is 2.07. The third kappa shape index (κ3) is 2.80. The molecule has 144 valence electrons. The number of fused-ring (bicyclic) bond motifs is 6. The van der Waals surface area contributed by atoms with Crippen LogP contribution >= 0.6 is 15.9 Å². The first kappa shape index (κ1) is 18.9. The molecule has 0 aliphatic heterocycles. The van der Waals surface area contributed by atoms with Crippen LogP contribution in [0.15, 0.2) is 47.5 Å². The Morgan fingerprint density at radius 3 is 2.61 bits per heavy atom. The highest BCUT2D eigenvalue weighted by molar-refractivity contribution is 9.10. The number of esters is 2. The van der Waals surface area contributed by atoms with Crippen LogP contribution in [-0.4, -0.2) is 11.9 Å². The maximum atomic E-state index is 12.4. The summed E-state index contributed by atoms with van der Waals surface area (Å²) in [4.78, 5) is 24.5. The Morgan fingerprint density at radius 1 is 1.18 bits per heavy atom. The quantitative estimate of drug-likeness (QED) is 0.343. The number of hydrogen-bond donors (Lipinski definition) is 0. The van der Waals surface area contributed by atoms with Crippen molar-refractivity contribution in [2.75, 3.05) is 0 Å². The molecule has 5 heteroatoms. The fraction of sp³-hybridized carbons (Fsp3) is 0.304. The van der Waals surface area contributed by atoms with Crippen LogP contribution in [0.5, 0.6) is 11.5 Å². The van der Waals surface area contributed by atoms with Crippen molar-refractivity contribution in [3.63, 3.8) is 0 Å². The number of benzene rings is 2. The lowest BCUT2D eigenvalue weighted by Crippen LogP contribution is -2.16. The summed E-state index contributed by atoms with van der Waals surface area (Å²) < 4.78 is 12.4. The molecule has 0 saturated heterocycles. The highest BCUT2D eigenvalue weighted by Gasteiger charge is 2.47. The van der Waals surface area contributed by atoms with Crippen LogP contribution in [0, 0.1) is 5.92 Å². The summed E-state index contributed by atoms with van der Waals surface area (Å²) in [5.41, 5.74) is 2.32. The average Bonchev–Trinajstić information content (AvgIpc) is 3.21. The van der Waals surface area contributed by atoms with E-state index >= 15 is 0 Å². The molecule has 2 aromatic rings. The summed E-state index contributed by atoms with van der Waals surface area (Å²) >= 11 is 3.59. The van der Waals surface area contributed by atoms with Gasteiger partial charge in [0.15, 0.2) is 0 Å². The second-order valence-electron chi connectivity index (χ2n) is 7.70. The van der Waals surface area contributed by atoms with Gasteiger partial charge in [-0.2, -0.15) is 0 Å². The highest BCUT2D eigenvalue weighted by Crippen LogP contribution is 2.63. The van der Waals surface area contributed by atoms with E-state index in [0.717, 1.165) is 39.2 Å². The van der Waals surface area contributed by atoms with E-state index in [1.54, 1.807) is 6.92 Å². The van der Waals surface area contributed by atoms with Crippen molar-refractivity contribution in [3.8, 4) is 11.5 Å². The zero-order valence-corrected chi connectivity index (χ0v) is 17.5. The van der Waals surface area contributed by atoms with Gasteiger partial charge in [0, 0.05) is 38.0 Å². The molecule has 0 spiro atoms. The van der Waals surface area contributed by atoms with Gasteiger partial charge >= 0.3 is 11.9 Å². The molecule has 3 atom stereocenters. The van der Waals surface area contributed by atoms with Gasteiger partial charge in [0.05, 0.1) is 0 Å². The third-order valence-corrected chi connectivity index (χ3v) is 6.50. The van der Waals surface area contributed by atoms with Crippen molar-refractivity contribution < 1.29 is 19.1 Å². The van der Waals surface area contributed by atoms with E-state index in [1.807, 2.05) is 18.2 Å². The molecular weight excluding hydrogens is 420 g/mol. The Labute approximate surface area is 172 Å². The number of rotatable bonds is 4. The number of hydrogen-bond acceptors (Lipinski definition) is 4. The van der Waals surface area contributed by atoms with E-state index in [1.165, 1.54) is 6.08 Å². The predicted molar refractivity (Wildman–Crippen MR) is 112 cm³/mol. The Morgan fingerprint density at radius 2 is 1.93 bits per heavy atom. The van der Waals surface area contributed by atoms with Gasteiger partial charge in [-0.3, -0.25) is 0 Å². The molecule has 4 rings (SSSR count). The van der Waals surface area contributed by atoms with Crippen LogP contribution < -0.4 is 9.47 Å². The molecule has 1 fully saturated rings.